The average Bonchev–Trinajstić information content (AvgIpc) is 3.93. The third-order valence-electron chi connectivity index (χ3n) is 17.2. The van der Waals surface area contributed by atoms with Crippen LogP contribution in [0.5, 0.6) is 0 Å². The molecule has 0 aliphatic rings. The summed E-state index contributed by atoms with van der Waals surface area (Å²) in [7, 11) is 0. The van der Waals surface area contributed by atoms with Gasteiger partial charge in [0, 0.05) is 67.0 Å². The van der Waals surface area contributed by atoms with Crippen molar-refractivity contribution < 1.29 is 0 Å². The van der Waals surface area contributed by atoms with Crippen molar-refractivity contribution in [2.75, 3.05) is 9.80 Å². The first-order chi connectivity index (χ1) is 40.8. The van der Waals surface area contributed by atoms with Crippen LogP contribution in [0.4, 0.5) is 34.1 Å². The highest BCUT2D eigenvalue weighted by Gasteiger charge is 2.25. The van der Waals surface area contributed by atoms with Gasteiger partial charge in [0.25, 0.3) is 0 Å². The molecule has 4 nitrogen and oxygen atoms in total. The number of hydrogen-bond acceptors (Lipinski definition) is 2. The van der Waals surface area contributed by atoms with Gasteiger partial charge in [-0.15, -0.1) is 0 Å². The lowest BCUT2D eigenvalue weighted by Crippen LogP contribution is -2.12. The molecule has 0 aliphatic carbocycles. The van der Waals surface area contributed by atoms with Crippen molar-refractivity contribution in [1.29, 1.82) is 0 Å². The zero-order valence-electron chi connectivity index (χ0n) is 47.3. The van der Waals surface area contributed by atoms with Gasteiger partial charge < -0.3 is 18.9 Å². The molecule has 0 saturated carbocycles. The minimum atomic E-state index is 1.10. The molecular formula is C79H60N4. The van der Waals surface area contributed by atoms with E-state index in [2.05, 4.69) is 327 Å². The molecule has 2 heterocycles. The minimum Gasteiger partial charge on any atom is -0.310 e. The molecule has 2 aromatic heterocycles. The molecule has 0 saturated heterocycles. The molecule has 0 amide bonds. The molecule has 83 heavy (non-hydrogen) atoms. The van der Waals surface area contributed by atoms with E-state index in [0.29, 0.717) is 0 Å². The number of aromatic nitrogens is 2. The van der Waals surface area contributed by atoms with Crippen LogP contribution in [0, 0.1) is 34.6 Å². The quantitative estimate of drug-likeness (QED) is 0.127. The van der Waals surface area contributed by atoms with Gasteiger partial charge in [0.1, 0.15) is 0 Å². The van der Waals surface area contributed by atoms with E-state index < -0.39 is 0 Å². The number of hydrogen-bond donors (Lipinski definition) is 0. The Morgan fingerprint density at radius 2 is 0.554 bits per heavy atom. The fourth-order valence-electron chi connectivity index (χ4n) is 13.4. The zero-order valence-corrected chi connectivity index (χ0v) is 47.3. The summed E-state index contributed by atoms with van der Waals surface area (Å²) in [6.07, 6.45) is 0. The van der Waals surface area contributed by atoms with Gasteiger partial charge in [0.05, 0.1) is 22.1 Å². The summed E-state index contributed by atoms with van der Waals surface area (Å²) >= 11 is 0. The van der Waals surface area contributed by atoms with Crippen molar-refractivity contribution in [3.63, 3.8) is 0 Å². The smallest absolute Gasteiger partial charge is 0.0541 e. The van der Waals surface area contributed by atoms with Crippen LogP contribution in [0.15, 0.2) is 273 Å². The Labute approximate surface area is 484 Å². The molecule has 0 fully saturated rings. The van der Waals surface area contributed by atoms with E-state index in [1.54, 1.807) is 0 Å². The van der Waals surface area contributed by atoms with E-state index in [-0.39, 0.29) is 0 Å². The molecule has 13 aromatic carbocycles. The summed E-state index contributed by atoms with van der Waals surface area (Å²) < 4.78 is 4.78. The molecular weight excluding hydrogens is 1000 g/mol. The lowest BCUT2D eigenvalue weighted by molar-refractivity contribution is 1.17. The molecule has 0 N–H and O–H groups in total. The first-order valence-electron chi connectivity index (χ1n) is 28.8. The second-order valence-electron chi connectivity index (χ2n) is 22.4. The molecule has 396 valence electrons. The van der Waals surface area contributed by atoms with Crippen LogP contribution in [0.3, 0.4) is 0 Å². The summed E-state index contributed by atoms with van der Waals surface area (Å²) in [5.41, 5.74) is 24.9. The summed E-state index contributed by atoms with van der Waals surface area (Å²) in [6.45, 7) is 11.4. The highest BCUT2D eigenvalue weighted by molar-refractivity contribution is 6.22. The number of fused-ring (bicyclic) bond motifs is 8. The lowest BCUT2D eigenvalue weighted by atomic mass is 9.82. The van der Waals surface area contributed by atoms with Gasteiger partial charge in [-0.2, -0.15) is 0 Å². The zero-order chi connectivity index (χ0) is 55.9. The van der Waals surface area contributed by atoms with Crippen molar-refractivity contribution in [3.05, 3.63) is 301 Å². The van der Waals surface area contributed by atoms with Crippen LogP contribution in [-0.4, -0.2) is 9.13 Å². The van der Waals surface area contributed by atoms with Crippen LogP contribution in [0.1, 0.15) is 27.8 Å². The Hall–Kier alpha value is -10.4. The SMILES string of the molecule is Cc1ccc2c(-c3cc(C)c(N(c4ccccc4)c4ccc(-n5c6ccccc6c6ccccc65)cc4)cc3C)c3ccccc3c(-c3cc(C)c(N(c4ccccc4)c4ccc(-n5c6ccccc6c6ccccc65)cc4)cc3C)c2c1. The predicted octanol–water partition coefficient (Wildman–Crippen LogP) is 22.0. The topological polar surface area (TPSA) is 16.3 Å². The number of anilines is 6. The lowest BCUT2D eigenvalue weighted by Gasteiger charge is -2.29. The molecule has 4 heteroatoms. The van der Waals surface area contributed by atoms with Gasteiger partial charge in [-0.05, 0) is 222 Å². The van der Waals surface area contributed by atoms with Crippen LogP contribution in [-0.2, 0) is 0 Å². The van der Waals surface area contributed by atoms with E-state index >= 15 is 0 Å². The molecule has 15 rings (SSSR count). The fourth-order valence-corrected chi connectivity index (χ4v) is 13.4. The summed E-state index contributed by atoms with van der Waals surface area (Å²) in [6, 6.07) is 100. The van der Waals surface area contributed by atoms with E-state index in [4.69, 9.17) is 0 Å². The number of rotatable bonds is 10. The Bertz CT molecular complexity index is 4900. The number of benzene rings is 13. The fraction of sp³-hybridized carbons (Fsp3) is 0.0633. The van der Waals surface area contributed by atoms with Crippen LogP contribution < -0.4 is 9.80 Å². The Balaban J connectivity index is 0.837. The van der Waals surface area contributed by atoms with Gasteiger partial charge >= 0.3 is 0 Å². The predicted molar refractivity (Wildman–Crippen MR) is 354 cm³/mol. The molecule has 0 atom stereocenters. The standard InChI is InChI=1S/C79H60N4/c1-51-36-45-68-71(46-51)79(70-48-55(5)77(50-53(70)3)81(57-24-10-7-11-25-57)59-39-43-61(44-40-59)83-74-34-20-16-28-64(74)65-29-17-21-35-75(65)83)67-31-13-12-30-66(67)78(68)69-47-54(4)76(49-52(69)2)80(56-22-8-6-9-23-56)58-37-41-60(42-38-58)82-72-32-18-14-26-62(72)63-27-15-19-33-73(63)82/h6-50H,1-5H3. The maximum atomic E-state index is 2.44. The highest BCUT2D eigenvalue weighted by atomic mass is 15.2. The largest absolute Gasteiger partial charge is 0.310 e. The maximum absolute atomic E-state index is 2.44. The molecule has 0 aliphatic heterocycles. The first-order valence-corrected chi connectivity index (χ1v) is 28.8. The Morgan fingerprint density at radius 3 is 0.940 bits per heavy atom. The van der Waals surface area contributed by atoms with Gasteiger partial charge in [-0.3, -0.25) is 0 Å². The monoisotopic (exact) mass is 1060 g/mol. The summed E-state index contributed by atoms with van der Waals surface area (Å²) in [5.74, 6) is 0. The van der Waals surface area contributed by atoms with E-state index in [0.717, 1.165) is 45.5 Å². The van der Waals surface area contributed by atoms with Gasteiger partial charge in [-0.1, -0.05) is 157 Å². The maximum Gasteiger partial charge on any atom is 0.0541 e. The minimum absolute atomic E-state index is 1.10. The van der Waals surface area contributed by atoms with E-state index in [1.807, 2.05) is 0 Å². The normalized spacial score (nSPS) is 11.7. The number of nitrogens with zero attached hydrogens (tertiary/aromatic N) is 4. The summed E-state index contributed by atoms with van der Waals surface area (Å²) in [4.78, 5) is 4.83. The van der Waals surface area contributed by atoms with Crippen molar-refractivity contribution in [2.45, 2.75) is 34.6 Å². The van der Waals surface area contributed by atoms with E-state index in [9.17, 15) is 0 Å². The molecule has 0 radical (unpaired) electrons. The Morgan fingerprint density at radius 1 is 0.241 bits per heavy atom. The van der Waals surface area contributed by atoms with Crippen molar-refractivity contribution in [2.24, 2.45) is 0 Å². The van der Waals surface area contributed by atoms with Crippen molar-refractivity contribution >= 4 is 99.3 Å². The van der Waals surface area contributed by atoms with Crippen LogP contribution in [0.25, 0.3) is 98.8 Å². The first kappa shape index (κ1) is 49.6. The van der Waals surface area contributed by atoms with Crippen molar-refractivity contribution in [1.82, 2.24) is 9.13 Å². The molecule has 0 unspecified atom stereocenters. The van der Waals surface area contributed by atoms with Gasteiger partial charge in [0.15, 0.2) is 0 Å². The second kappa shape index (κ2) is 20.0. The number of para-hydroxylation sites is 6. The summed E-state index contributed by atoms with van der Waals surface area (Å²) in [5, 5.41) is 10.0. The molecule has 0 spiro atoms. The molecule has 15 aromatic rings. The Kier molecular flexibility index (Phi) is 11.9. The van der Waals surface area contributed by atoms with Gasteiger partial charge in [0.2, 0.25) is 0 Å². The van der Waals surface area contributed by atoms with Crippen molar-refractivity contribution in [3.8, 4) is 33.6 Å². The van der Waals surface area contributed by atoms with Crippen LogP contribution in [0.2, 0.25) is 0 Å². The second-order valence-corrected chi connectivity index (χ2v) is 22.4. The number of aryl methyl sites for hydroxylation is 5. The van der Waals surface area contributed by atoms with Crippen LogP contribution >= 0.6 is 0 Å². The van der Waals surface area contributed by atoms with E-state index in [1.165, 1.54) is 115 Å². The third-order valence-corrected chi connectivity index (χ3v) is 17.2. The van der Waals surface area contributed by atoms with Gasteiger partial charge in [-0.25, -0.2) is 0 Å². The molecule has 0 bridgehead atoms. The third kappa shape index (κ3) is 8.20. The average molecular weight is 1070 g/mol. The highest BCUT2D eigenvalue weighted by Crippen LogP contribution is 2.49.